The van der Waals surface area contributed by atoms with E-state index in [1.165, 1.54) is 31.7 Å². The van der Waals surface area contributed by atoms with Gasteiger partial charge >= 0.3 is 0 Å². The molecular formula is C16H21BrFNO. The minimum absolute atomic E-state index is 0.0689. The van der Waals surface area contributed by atoms with Crippen molar-refractivity contribution in [2.24, 2.45) is 11.1 Å². The second-order valence-electron chi connectivity index (χ2n) is 6.17. The topological polar surface area (TPSA) is 35.2 Å². The lowest BCUT2D eigenvalue weighted by Gasteiger charge is -2.54. The Bertz CT molecular complexity index is 485. The third-order valence-corrected chi connectivity index (χ3v) is 5.54. The Morgan fingerprint density at radius 3 is 2.55 bits per heavy atom. The molecule has 0 aliphatic heterocycles. The Balaban J connectivity index is 1.78. The van der Waals surface area contributed by atoms with Gasteiger partial charge in [0.05, 0.1) is 0 Å². The monoisotopic (exact) mass is 341 g/mol. The fourth-order valence-corrected chi connectivity index (χ4v) is 4.08. The summed E-state index contributed by atoms with van der Waals surface area (Å²) in [6.45, 7) is 0. The summed E-state index contributed by atoms with van der Waals surface area (Å²) in [4.78, 5) is 0. The highest BCUT2D eigenvalue weighted by Gasteiger charge is 2.54. The molecule has 2 saturated carbocycles. The molecule has 2 aliphatic rings. The van der Waals surface area contributed by atoms with Crippen LogP contribution in [0.1, 0.15) is 44.9 Å². The molecule has 0 saturated heterocycles. The average Bonchev–Trinajstić information content (AvgIpc) is 2.70. The number of benzene rings is 1. The van der Waals surface area contributed by atoms with Crippen LogP contribution in [0.3, 0.4) is 0 Å². The lowest BCUT2D eigenvalue weighted by atomic mass is 9.58. The molecule has 2 nitrogen and oxygen atoms in total. The Labute approximate surface area is 128 Å². The van der Waals surface area contributed by atoms with E-state index in [9.17, 15) is 4.39 Å². The fraction of sp³-hybridized carbons (Fsp3) is 0.625. The Kier molecular flexibility index (Phi) is 4.04. The first kappa shape index (κ1) is 14.3. The SMILES string of the molecule is NC1CC(Oc2cc(Br)ccc2F)C12CCCCCC2. The van der Waals surface area contributed by atoms with Crippen molar-refractivity contribution in [2.75, 3.05) is 0 Å². The van der Waals surface area contributed by atoms with Gasteiger partial charge in [0, 0.05) is 22.4 Å². The van der Waals surface area contributed by atoms with E-state index in [4.69, 9.17) is 10.5 Å². The first-order chi connectivity index (χ1) is 9.62. The molecule has 3 rings (SSSR count). The third kappa shape index (κ3) is 2.48. The molecule has 2 atom stereocenters. The van der Waals surface area contributed by atoms with Gasteiger partial charge in [-0.3, -0.25) is 0 Å². The molecule has 4 heteroatoms. The highest BCUT2D eigenvalue weighted by molar-refractivity contribution is 9.10. The second kappa shape index (κ2) is 5.64. The molecule has 1 spiro atoms. The zero-order valence-electron chi connectivity index (χ0n) is 11.6. The number of hydrogen-bond donors (Lipinski definition) is 1. The average molecular weight is 342 g/mol. The normalized spacial score (nSPS) is 28.8. The summed E-state index contributed by atoms with van der Waals surface area (Å²) < 4.78 is 20.7. The van der Waals surface area contributed by atoms with E-state index in [0.29, 0.717) is 5.75 Å². The zero-order chi connectivity index (χ0) is 14.2. The van der Waals surface area contributed by atoms with E-state index in [1.807, 2.05) is 0 Å². The maximum absolute atomic E-state index is 13.8. The van der Waals surface area contributed by atoms with Gasteiger partial charge in [0.2, 0.25) is 0 Å². The molecule has 1 aromatic carbocycles. The molecule has 2 aliphatic carbocycles. The second-order valence-corrected chi connectivity index (χ2v) is 7.09. The van der Waals surface area contributed by atoms with Crippen LogP contribution in [-0.4, -0.2) is 12.1 Å². The molecule has 0 heterocycles. The van der Waals surface area contributed by atoms with Crippen LogP contribution < -0.4 is 10.5 Å². The van der Waals surface area contributed by atoms with Crippen molar-refractivity contribution in [1.29, 1.82) is 0 Å². The Hall–Kier alpha value is -0.610. The van der Waals surface area contributed by atoms with Gasteiger partial charge in [-0.1, -0.05) is 41.6 Å². The van der Waals surface area contributed by atoms with Crippen molar-refractivity contribution in [3.8, 4) is 5.75 Å². The lowest BCUT2D eigenvalue weighted by Crippen LogP contribution is -2.63. The van der Waals surface area contributed by atoms with Gasteiger partial charge < -0.3 is 10.5 Å². The maximum atomic E-state index is 13.8. The van der Waals surface area contributed by atoms with E-state index < -0.39 is 0 Å². The summed E-state index contributed by atoms with van der Waals surface area (Å²) in [7, 11) is 0. The van der Waals surface area contributed by atoms with Crippen molar-refractivity contribution in [2.45, 2.75) is 57.1 Å². The van der Waals surface area contributed by atoms with Gasteiger partial charge in [-0.2, -0.15) is 0 Å². The summed E-state index contributed by atoms with van der Waals surface area (Å²) in [6, 6.07) is 5.05. The molecule has 1 aromatic rings. The lowest BCUT2D eigenvalue weighted by molar-refractivity contribution is -0.0785. The van der Waals surface area contributed by atoms with Crippen LogP contribution in [-0.2, 0) is 0 Å². The van der Waals surface area contributed by atoms with Crippen molar-refractivity contribution >= 4 is 15.9 Å². The Morgan fingerprint density at radius 2 is 1.90 bits per heavy atom. The smallest absolute Gasteiger partial charge is 0.165 e. The molecule has 110 valence electrons. The maximum Gasteiger partial charge on any atom is 0.165 e. The van der Waals surface area contributed by atoms with Gasteiger partial charge in [0.25, 0.3) is 0 Å². The van der Waals surface area contributed by atoms with E-state index in [0.717, 1.165) is 23.7 Å². The number of rotatable bonds is 2. The van der Waals surface area contributed by atoms with Gasteiger partial charge in [0.15, 0.2) is 11.6 Å². The zero-order valence-corrected chi connectivity index (χ0v) is 13.2. The van der Waals surface area contributed by atoms with E-state index >= 15 is 0 Å². The van der Waals surface area contributed by atoms with Gasteiger partial charge in [0.1, 0.15) is 6.10 Å². The number of halogens is 2. The predicted molar refractivity (Wildman–Crippen MR) is 81.2 cm³/mol. The number of hydrogen-bond acceptors (Lipinski definition) is 2. The standard InChI is InChI=1S/C16H21BrFNO/c17-11-5-6-12(18)13(9-11)20-15-10-14(19)16(15)7-3-1-2-4-8-16/h5-6,9,14-15H,1-4,7-8,10,19H2. The predicted octanol–water partition coefficient (Wildman–Crippen LogP) is 4.41. The molecule has 2 N–H and O–H groups in total. The number of ether oxygens (including phenoxy) is 1. The summed E-state index contributed by atoms with van der Waals surface area (Å²) in [6.07, 6.45) is 8.15. The number of nitrogens with two attached hydrogens (primary N) is 1. The van der Waals surface area contributed by atoms with Crippen molar-refractivity contribution in [1.82, 2.24) is 0 Å². The molecule has 20 heavy (non-hydrogen) atoms. The quantitative estimate of drug-likeness (QED) is 0.864. The van der Waals surface area contributed by atoms with Gasteiger partial charge in [-0.15, -0.1) is 0 Å². The summed E-state index contributed by atoms with van der Waals surface area (Å²) in [5.41, 5.74) is 6.36. The van der Waals surface area contributed by atoms with E-state index in [-0.39, 0.29) is 23.4 Å². The molecule has 2 fully saturated rings. The van der Waals surface area contributed by atoms with E-state index in [1.54, 1.807) is 12.1 Å². The molecule has 2 unspecified atom stereocenters. The summed E-state index contributed by atoms with van der Waals surface area (Å²) in [5.74, 6) is 0.0531. The van der Waals surface area contributed by atoms with Crippen LogP contribution in [0.15, 0.2) is 22.7 Å². The first-order valence-electron chi connectivity index (χ1n) is 7.49. The minimum Gasteiger partial charge on any atom is -0.487 e. The highest BCUT2D eigenvalue weighted by Crippen LogP contribution is 2.51. The third-order valence-electron chi connectivity index (χ3n) is 5.04. The molecule has 0 radical (unpaired) electrons. The van der Waals surface area contributed by atoms with Crippen molar-refractivity contribution in [3.05, 3.63) is 28.5 Å². The largest absolute Gasteiger partial charge is 0.487 e. The van der Waals surface area contributed by atoms with Crippen molar-refractivity contribution in [3.63, 3.8) is 0 Å². The van der Waals surface area contributed by atoms with Gasteiger partial charge in [-0.25, -0.2) is 4.39 Å². The van der Waals surface area contributed by atoms with Crippen molar-refractivity contribution < 1.29 is 9.13 Å². The molecule has 0 bridgehead atoms. The van der Waals surface area contributed by atoms with Crippen LogP contribution >= 0.6 is 15.9 Å². The van der Waals surface area contributed by atoms with Crippen LogP contribution in [0.2, 0.25) is 0 Å². The van der Waals surface area contributed by atoms with Crippen LogP contribution in [0, 0.1) is 11.2 Å². The first-order valence-corrected chi connectivity index (χ1v) is 8.28. The van der Waals surface area contributed by atoms with E-state index in [2.05, 4.69) is 15.9 Å². The van der Waals surface area contributed by atoms with Crippen LogP contribution in [0.5, 0.6) is 5.75 Å². The summed E-state index contributed by atoms with van der Waals surface area (Å²) in [5, 5.41) is 0. The van der Waals surface area contributed by atoms with Crippen LogP contribution in [0.4, 0.5) is 4.39 Å². The van der Waals surface area contributed by atoms with Gasteiger partial charge in [-0.05, 0) is 31.0 Å². The molecule has 0 amide bonds. The Morgan fingerprint density at radius 1 is 1.20 bits per heavy atom. The summed E-state index contributed by atoms with van der Waals surface area (Å²) >= 11 is 3.37. The minimum atomic E-state index is -0.294. The van der Waals surface area contributed by atoms with Crippen LogP contribution in [0.25, 0.3) is 0 Å². The highest BCUT2D eigenvalue weighted by atomic mass is 79.9. The molecule has 0 aromatic heterocycles. The fourth-order valence-electron chi connectivity index (χ4n) is 3.74. The molecular weight excluding hydrogens is 321 g/mol.